The highest BCUT2D eigenvalue weighted by Crippen LogP contribution is 2.44. The Labute approximate surface area is 100 Å². The van der Waals surface area contributed by atoms with Crippen LogP contribution < -0.4 is 11.1 Å². The molecule has 1 saturated carbocycles. The molecule has 86 valence electrons. The number of nitrogens with one attached hydrogen (secondary N) is 1. The average Bonchev–Trinajstić information content (AvgIpc) is 2.95. The van der Waals surface area contributed by atoms with Gasteiger partial charge in [0.25, 0.3) is 0 Å². The molecule has 1 aliphatic carbocycles. The Morgan fingerprint density at radius 2 is 2.25 bits per heavy atom. The van der Waals surface area contributed by atoms with Gasteiger partial charge in [0.15, 0.2) is 0 Å². The first-order chi connectivity index (χ1) is 7.50. The fourth-order valence-electron chi connectivity index (χ4n) is 1.57. The van der Waals surface area contributed by atoms with Gasteiger partial charge in [-0.15, -0.1) is 0 Å². The van der Waals surface area contributed by atoms with Gasteiger partial charge in [-0.05, 0) is 36.5 Å². The summed E-state index contributed by atoms with van der Waals surface area (Å²) in [5.74, 6) is -0.314. The Morgan fingerprint density at radius 1 is 1.56 bits per heavy atom. The number of anilines is 1. The summed E-state index contributed by atoms with van der Waals surface area (Å²) in [7, 11) is 0. The summed E-state index contributed by atoms with van der Waals surface area (Å²) in [5.41, 5.74) is 7.36. The molecule has 16 heavy (non-hydrogen) atoms. The molecule has 2 nitrogen and oxygen atoms in total. The van der Waals surface area contributed by atoms with Crippen LogP contribution >= 0.6 is 12.2 Å². The van der Waals surface area contributed by atoms with Crippen LogP contribution in [0.4, 0.5) is 10.1 Å². The summed E-state index contributed by atoms with van der Waals surface area (Å²) in [6.45, 7) is 3.11. The van der Waals surface area contributed by atoms with Crippen molar-refractivity contribution in [2.45, 2.75) is 19.8 Å². The molecular weight excluding hydrogens is 223 g/mol. The molecule has 0 aliphatic heterocycles. The van der Waals surface area contributed by atoms with E-state index in [4.69, 9.17) is 18.0 Å². The van der Waals surface area contributed by atoms with Gasteiger partial charge in [0.05, 0.1) is 0 Å². The Balaban J connectivity index is 2.15. The zero-order valence-corrected chi connectivity index (χ0v) is 10.0. The van der Waals surface area contributed by atoms with E-state index < -0.39 is 0 Å². The third-order valence-electron chi connectivity index (χ3n) is 3.06. The summed E-state index contributed by atoms with van der Waals surface area (Å²) in [6.07, 6.45) is 2.48. The first-order valence-corrected chi connectivity index (χ1v) is 5.74. The van der Waals surface area contributed by atoms with Gasteiger partial charge < -0.3 is 11.1 Å². The highest BCUT2D eigenvalue weighted by molar-refractivity contribution is 7.80. The number of hydrogen-bond donors (Lipinski definition) is 2. The Bertz CT molecular complexity index is 427. The largest absolute Gasteiger partial charge is 0.389 e. The van der Waals surface area contributed by atoms with E-state index in [-0.39, 0.29) is 10.8 Å². The number of thiocarbonyl (C=S) groups is 1. The van der Waals surface area contributed by atoms with Crippen LogP contribution in [0.2, 0.25) is 0 Å². The molecule has 0 saturated heterocycles. The molecule has 1 aromatic carbocycles. The molecule has 3 N–H and O–H groups in total. The molecule has 0 bridgehead atoms. The van der Waals surface area contributed by atoms with Crippen molar-refractivity contribution in [2.24, 2.45) is 11.1 Å². The first-order valence-electron chi connectivity index (χ1n) is 5.33. The van der Waals surface area contributed by atoms with E-state index in [1.807, 2.05) is 0 Å². The monoisotopic (exact) mass is 238 g/mol. The molecule has 0 radical (unpaired) electrons. The highest BCUT2D eigenvalue weighted by atomic mass is 32.1. The summed E-state index contributed by atoms with van der Waals surface area (Å²) < 4.78 is 13.1. The van der Waals surface area contributed by atoms with Crippen LogP contribution in [0, 0.1) is 11.2 Å². The minimum atomic E-state index is -0.314. The van der Waals surface area contributed by atoms with E-state index in [1.54, 1.807) is 6.07 Å². The Morgan fingerprint density at radius 3 is 2.81 bits per heavy atom. The van der Waals surface area contributed by atoms with Crippen LogP contribution in [0.1, 0.15) is 25.3 Å². The standard InChI is InChI=1S/C12H15FN2S/c1-12(4-5-12)7-15-10-3-2-8(13)6-9(10)11(14)16/h2-3,6,15H,4-5,7H2,1H3,(H2,14,16). The second-order valence-corrected chi connectivity index (χ2v) is 5.16. The van der Waals surface area contributed by atoms with Crippen molar-refractivity contribution >= 4 is 22.9 Å². The topological polar surface area (TPSA) is 38.0 Å². The molecule has 1 fully saturated rings. The van der Waals surface area contributed by atoms with Gasteiger partial charge >= 0.3 is 0 Å². The van der Waals surface area contributed by atoms with E-state index in [0.29, 0.717) is 11.0 Å². The summed E-state index contributed by atoms with van der Waals surface area (Å²) in [6, 6.07) is 4.48. The van der Waals surface area contributed by atoms with Gasteiger partial charge in [0.1, 0.15) is 10.8 Å². The van der Waals surface area contributed by atoms with Crippen molar-refractivity contribution in [3.8, 4) is 0 Å². The molecule has 0 unspecified atom stereocenters. The van der Waals surface area contributed by atoms with Crippen molar-refractivity contribution in [1.29, 1.82) is 0 Å². The molecule has 2 rings (SSSR count). The van der Waals surface area contributed by atoms with E-state index in [2.05, 4.69) is 12.2 Å². The zero-order valence-electron chi connectivity index (χ0n) is 9.22. The lowest BCUT2D eigenvalue weighted by atomic mass is 10.1. The lowest BCUT2D eigenvalue weighted by Gasteiger charge is -2.14. The van der Waals surface area contributed by atoms with Crippen molar-refractivity contribution in [1.82, 2.24) is 0 Å². The molecule has 0 aromatic heterocycles. The third kappa shape index (κ3) is 2.50. The number of rotatable bonds is 4. The minimum Gasteiger partial charge on any atom is -0.389 e. The molecule has 0 amide bonds. The quantitative estimate of drug-likeness (QED) is 0.792. The molecule has 4 heteroatoms. The van der Waals surface area contributed by atoms with Gasteiger partial charge in [-0.25, -0.2) is 4.39 Å². The summed E-state index contributed by atoms with van der Waals surface area (Å²) >= 11 is 4.90. The van der Waals surface area contributed by atoms with Crippen molar-refractivity contribution in [2.75, 3.05) is 11.9 Å². The van der Waals surface area contributed by atoms with Gasteiger partial charge in [-0.1, -0.05) is 19.1 Å². The second kappa shape index (κ2) is 4.01. The number of benzene rings is 1. The van der Waals surface area contributed by atoms with Gasteiger partial charge in [-0.2, -0.15) is 0 Å². The van der Waals surface area contributed by atoms with E-state index in [9.17, 15) is 4.39 Å². The van der Waals surface area contributed by atoms with Crippen molar-refractivity contribution < 1.29 is 4.39 Å². The molecule has 1 aromatic rings. The van der Waals surface area contributed by atoms with Gasteiger partial charge in [0.2, 0.25) is 0 Å². The van der Waals surface area contributed by atoms with Crippen molar-refractivity contribution in [3.05, 3.63) is 29.6 Å². The Kier molecular flexibility index (Phi) is 2.84. The van der Waals surface area contributed by atoms with Gasteiger partial charge in [0, 0.05) is 17.8 Å². The number of nitrogens with two attached hydrogens (primary N) is 1. The first kappa shape index (κ1) is 11.3. The van der Waals surface area contributed by atoms with E-state index in [0.717, 1.165) is 12.2 Å². The highest BCUT2D eigenvalue weighted by Gasteiger charge is 2.36. The Hall–Kier alpha value is -1.16. The normalized spacial score (nSPS) is 16.9. The molecule has 1 aliphatic rings. The number of hydrogen-bond acceptors (Lipinski definition) is 2. The van der Waals surface area contributed by atoms with Gasteiger partial charge in [-0.3, -0.25) is 0 Å². The predicted octanol–water partition coefficient (Wildman–Crippen LogP) is 2.67. The SMILES string of the molecule is CC1(CNc2ccc(F)cc2C(N)=S)CC1. The second-order valence-electron chi connectivity index (χ2n) is 4.72. The molecule has 0 atom stereocenters. The lowest BCUT2D eigenvalue weighted by molar-refractivity contribution is 0.609. The van der Waals surface area contributed by atoms with Crippen LogP contribution in [0.25, 0.3) is 0 Å². The fraction of sp³-hybridized carbons (Fsp3) is 0.417. The van der Waals surface area contributed by atoms with Crippen molar-refractivity contribution in [3.63, 3.8) is 0 Å². The summed E-state index contributed by atoms with van der Waals surface area (Å²) in [4.78, 5) is 0.225. The maximum Gasteiger partial charge on any atom is 0.124 e. The molecule has 0 spiro atoms. The lowest BCUT2D eigenvalue weighted by Crippen LogP contribution is -2.17. The predicted molar refractivity (Wildman–Crippen MR) is 68.1 cm³/mol. The van der Waals surface area contributed by atoms with E-state index in [1.165, 1.54) is 25.0 Å². The maximum atomic E-state index is 13.1. The van der Waals surface area contributed by atoms with Crippen LogP contribution in [-0.4, -0.2) is 11.5 Å². The fourth-order valence-corrected chi connectivity index (χ4v) is 1.74. The minimum absolute atomic E-state index is 0.225. The van der Waals surface area contributed by atoms with Crippen LogP contribution in [0.5, 0.6) is 0 Å². The molecule has 0 heterocycles. The zero-order chi connectivity index (χ0) is 11.8. The van der Waals surface area contributed by atoms with Crippen LogP contribution in [0.15, 0.2) is 18.2 Å². The number of halogens is 1. The smallest absolute Gasteiger partial charge is 0.124 e. The molecular formula is C12H15FN2S. The van der Waals surface area contributed by atoms with E-state index >= 15 is 0 Å². The van der Waals surface area contributed by atoms with Crippen LogP contribution in [-0.2, 0) is 0 Å². The third-order valence-corrected chi connectivity index (χ3v) is 3.28. The van der Waals surface area contributed by atoms with Crippen LogP contribution in [0.3, 0.4) is 0 Å². The average molecular weight is 238 g/mol. The maximum absolute atomic E-state index is 13.1. The summed E-state index contributed by atoms with van der Waals surface area (Å²) in [5, 5.41) is 3.29.